The van der Waals surface area contributed by atoms with E-state index in [9.17, 15) is 14.7 Å². The molecular formula is C27H23Cl2N3O3. The number of nitrogens with zero attached hydrogens (tertiary/aromatic N) is 3. The summed E-state index contributed by atoms with van der Waals surface area (Å²) in [4.78, 5) is 34.7. The molecule has 3 heterocycles. The number of amides is 1. The SMILES string of the molecule is O=C1C(=O)N(c2ccc(N3CCCCC3)cc2)C(c2ccccn2)/C1=C(/O)c1ccc(Cl)c(Cl)c1. The quantitative estimate of drug-likeness (QED) is 0.266. The molecule has 1 aromatic heterocycles. The van der Waals surface area contributed by atoms with E-state index in [1.807, 2.05) is 24.3 Å². The summed E-state index contributed by atoms with van der Waals surface area (Å²) in [6.07, 6.45) is 5.14. The summed E-state index contributed by atoms with van der Waals surface area (Å²) in [5.74, 6) is -1.85. The Morgan fingerprint density at radius 3 is 2.26 bits per heavy atom. The molecule has 2 aromatic carbocycles. The predicted molar refractivity (Wildman–Crippen MR) is 138 cm³/mol. The fraction of sp³-hybridized carbons (Fsp3) is 0.222. The third kappa shape index (κ3) is 4.40. The molecule has 1 unspecified atom stereocenters. The van der Waals surface area contributed by atoms with E-state index in [4.69, 9.17) is 23.2 Å². The Morgan fingerprint density at radius 1 is 0.886 bits per heavy atom. The van der Waals surface area contributed by atoms with E-state index < -0.39 is 17.7 Å². The van der Waals surface area contributed by atoms with Crippen molar-refractivity contribution < 1.29 is 14.7 Å². The molecule has 2 fully saturated rings. The number of benzene rings is 2. The average molecular weight is 508 g/mol. The maximum absolute atomic E-state index is 13.3. The third-order valence-corrected chi connectivity index (χ3v) is 7.19. The van der Waals surface area contributed by atoms with Crippen LogP contribution in [0, 0.1) is 0 Å². The van der Waals surface area contributed by atoms with Gasteiger partial charge in [0.2, 0.25) is 0 Å². The van der Waals surface area contributed by atoms with Crippen molar-refractivity contribution in [2.24, 2.45) is 0 Å². The molecular weight excluding hydrogens is 485 g/mol. The highest BCUT2D eigenvalue weighted by Crippen LogP contribution is 2.42. The molecule has 5 rings (SSSR count). The molecule has 0 radical (unpaired) electrons. The standard InChI is InChI=1S/C27H23Cl2N3O3/c28-20-12-7-17(16-21(20)29)25(33)23-24(22-6-2-3-13-30-22)32(27(35)26(23)34)19-10-8-18(9-11-19)31-14-4-1-5-15-31/h2-3,6-13,16,24,33H,1,4-5,14-15H2/b25-23-. The minimum Gasteiger partial charge on any atom is -0.507 e. The zero-order valence-corrected chi connectivity index (χ0v) is 20.3. The molecule has 0 bridgehead atoms. The van der Waals surface area contributed by atoms with Gasteiger partial charge in [-0.05, 0) is 73.9 Å². The van der Waals surface area contributed by atoms with Crippen LogP contribution < -0.4 is 9.80 Å². The number of hydrogen-bond donors (Lipinski definition) is 1. The van der Waals surface area contributed by atoms with Crippen molar-refractivity contribution >= 4 is 52.0 Å². The van der Waals surface area contributed by atoms with Gasteiger partial charge in [-0.15, -0.1) is 0 Å². The lowest BCUT2D eigenvalue weighted by atomic mass is 9.98. The molecule has 6 nitrogen and oxygen atoms in total. The number of hydrogen-bond acceptors (Lipinski definition) is 5. The Bertz CT molecular complexity index is 1300. The van der Waals surface area contributed by atoms with Crippen LogP contribution in [0.1, 0.15) is 36.6 Å². The van der Waals surface area contributed by atoms with E-state index in [1.165, 1.54) is 23.5 Å². The molecule has 0 spiro atoms. The zero-order valence-electron chi connectivity index (χ0n) is 18.8. The normalized spacial score (nSPS) is 19.9. The van der Waals surface area contributed by atoms with Crippen LogP contribution >= 0.6 is 23.2 Å². The van der Waals surface area contributed by atoms with Crippen molar-refractivity contribution in [1.82, 2.24) is 4.98 Å². The highest BCUT2D eigenvalue weighted by Gasteiger charge is 2.47. The number of carbonyl (C=O) groups excluding carboxylic acids is 2. The van der Waals surface area contributed by atoms with Crippen molar-refractivity contribution in [3.63, 3.8) is 0 Å². The zero-order chi connectivity index (χ0) is 24.5. The first-order valence-electron chi connectivity index (χ1n) is 11.5. The Kier molecular flexibility index (Phi) is 6.50. The van der Waals surface area contributed by atoms with E-state index in [0.29, 0.717) is 22.0 Å². The van der Waals surface area contributed by atoms with Crippen LogP contribution in [0.25, 0.3) is 5.76 Å². The number of carbonyl (C=O) groups is 2. The van der Waals surface area contributed by atoms with E-state index in [-0.39, 0.29) is 16.4 Å². The monoisotopic (exact) mass is 507 g/mol. The highest BCUT2D eigenvalue weighted by atomic mass is 35.5. The Labute approximate surface area is 213 Å². The first-order valence-corrected chi connectivity index (χ1v) is 12.2. The summed E-state index contributed by atoms with van der Waals surface area (Å²) in [5, 5.41) is 11.7. The van der Waals surface area contributed by atoms with Gasteiger partial charge >= 0.3 is 0 Å². The van der Waals surface area contributed by atoms with Gasteiger partial charge in [0.1, 0.15) is 11.8 Å². The van der Waals surface area contributed by atoms with Gasteiger partial charge < -0.3 is 10.0 Å². The lowest BCUT2D eigenvalue weighted by Crippen LogP contribution is -2.31. The van der Waals surface area contributed by atoms with Crippen LogP contribution in [0.4, 0.5) is 11.4 Å². The third-order valence-electron chi connectivity index (χ3n) is 6.45. The molecule has 1 amide bonds. The first kappa shape index (κ1) is 23.4. The Hall–Kier alpha value is -3.35. The van der Waals surface area contributed by atoms with Crippen LogP contribution in [-0.2, 0) is 9.59 Å². The number of aromatic nitrogens is 1. The number of anilines is 2. The van der Waals surface area contributed by atoms with Crippen LogP contribution in [-0.4, -0.2) is 34.9 Å². The summed E-state index contributed by atoms with van der Waals surface area (Å²) in [7, 11) is 0. The van der Waals surface area contributed by atoms with Crippen LogP contribution in [0.3, 0.4) is 0 Å². The summed E-state index contributed by atoms with van der Waals surface area (Å²) < 4.78 is 0. The van der Waals surface area contributed by atoms with E-state index in [0.717, 1.165) is 31.6 Å². The van der Waals surface area contributed by atoms with Gasteiger partial charge in [0.15, 0.2) is 0 Å². The molecule has 1 atom stereocenters. The second-order valence-electron chi connectivity index (χ2n) is 8.62. The van der Waals surface area contributed by atoms with Gasteiger partial charge in [-0.25, -0.2) is 0 Å². The van der Waals surface area contributed by atoms with Crippen molar-refractivity contribution in [2.75, 3.05) is 22.9 Å². The molecule has 2 aliphatic heterocycles. The topological polar surface area (TPSA) is 73.7 Å². The van der Waals surface area contributed by atoms with Crippen LogP contribution in [0.15, 0.2) is 72.4 Å². The minimum absolute atomic E-state index is 0.0489. The van der Waals surface area contributed by atoms with E-state index in [1.54, 1.807) is 30.5 Å². The highest BCUT2D eigenvalue weighted by molar-refractivity contribution is 6.51. The number of aliphatic hydroxyl groups excluding tert-OH is 1. The molecule has 2 aliphatic rings. The van der Waals surface area contributed by atoms with Gasteiger partial charge in [-0.3, -0.25) is 19.5 Å². The molecule has 0 aliphatic carbocycles. The van der Waals surface area contributed by atoms with Gasteiger partial charge in [-0.1, -0.05) is 29.3 Å². The number of piperidine rings is 1. The summed E-state index contributed by atoms with van der Waals surface area (Å²) >= 11 is 12.2. The molecule has 0 saturated carbocycles. The second-order valence-corrected chi connectivity index (χ2v) is 9.43. The molecule has 178 valence electrons. The van der Waals surface area contributed by atoms with Crippen molar-refractivity contribution in [3.8, 4) is 0 Å². The fourth-order valence-electron chi connectivity index (χ4n) is 4.69. The second kappa shape index (κ2) is 9.72. The summed E-state index contributed by atoms with van der Waals surface area (Å²) in [6.45, 7) is 2.00. The van der Waals surface area contributed by atoms with Gasteiger partial charge in [0, 0.05) is 36.2 Å². The number of pyridine rings is 1. The Morgan fingerprint density at radius 2 is 1.60 bits per heavy atom. The number of halogens is 2. The molecule has 1 N–H and O–H groups in total. The Balaban J connectivity index is 1.60. The lowest BCUT2D eigenvalue weighted by Gasteiger charge is -2.30. The molecule has 35 heavy (non-hydrogen) atoms. The number of aliphatic hydroxyl groups is 1. The van der Waals surface area contributed by atoms with Crippen LogP contribution in [0.5, 0.6) is 0 Å². The van der Waals surface area contributed by atoms with Crippen molar-refractivity contribution in [3.05, 3.63) is 93.7 Å². The maximum Gasteiger partial charge on any atom is 0.300 e. The molecule has 3 aromatic rings. The molecule has 8 heteroatoms. The summed E-state index contributed by atoms with van der Waals surface area (Å²) in [6, 6.07) is 16.5. The minimum atomic E-state index is -0.897. The molecule has 2 saturated heterocycles. The van der Waals surface area contributed by atoms with E-state index in [2.05, 4.69) is 9.88 Å². The van der Waals surface area contributed by atoms with Crippen molar-refractivity contribution in [2.45, 2.75) is 25.3 Å². The summed E-state index contributed by atoms with van der Waals surface area (Å²) in [5.41, 5.74) is 2.34. The number of rotatable bonds is 4. The van der Waals surface area contributed by atoms with Crippen molar-refractivity contribution in [1.29, 1.82) is 0 Å². The van der Waals surface area contributed by atoms with E-state index >= 15 is 0 Å². The largest absolute Gasteiger partial charge is 0.507 e. The predicted octanol–water partition coefficient (Wildman–Crippen LogP) is 6.01. The van der Waals surface area contributed by atoms with Crippen LogP contribution in [0.2, 0.25) is 10.0 Å². The van der Waals surface area contributed by atoms with Gasteiger partial charge in [0.25, 0.3) is 11.7 Å². The fourth-order valence-corrected chi connectivity index (χ4v) is 4.99. The maximum atomic E-state index is 13.3. The van der Waals surface area contributed by atoms with Gasteiger partial charge in [0.05, 0.1) is 21.3 Å². The average Bonchev–Trinajstić information content (AvgIpc) is 3.16. The number of Topliss-reactive ketones (excluding diaryl/α,β-unsaturated/α-hetero) is 1. The first-order chi connectivity index (χ1) is 17.0. The van der Waals surface area contributed by atoms with Gasteiger partial charge in [-0.2, -0.15) is 0 Å². The number of ketones is 1. The lowest BCUT2D eigenvalue weighted by molar-refractivity contribution is -0.132. The smallest absolute Gasteiger partial charge is 0.300 e.